The highest BCUT2D eigenvalue weighted by Crippen LogP contribution is 2.55. The van der Waals surface area contributed by atoms with Crippen molar-refractivity contribution in [2.45, 2.75) is 0 Å². The molecule has 0 atom stereocenters. The van der Waals surface area contributed by atoms with Crippen molar-refractivity contribution >= 4 is 82.7 Å². The van der Waals surface area contributed by atoms with Crippen molar-refractivity contribution in [2.75, 3.05) is 14.7 Å². The first kappa shape index (κ1) is 30.2. The third kappa shape index (κ3) is 5.12. The maximum atomic E-state index is 2.40. The quantitative estimate of drug-likeness (QED) is 0.173. The molecule has 9 aromatic rings. The predicted molar refractivity (Wildman–Crippen MR) is 222 cm³/mol. The third-order valence-electron chi connectivity index (χ3n) is 9.94. The van der Waals surface area contributed by atoms with Crippen molar-refractivity contribution in [2.24, 2.45) is 0 Å². The smallest absolute Gasteiger partial charge is 0.0724 e. The molecule has 0 saturated carbocycles. The molecule has 1 aliphatic rings. The molecule has 0 amide bonds. The van der Waals surface area contributed by atoms with Crippen molar-refractivity contribution < 1.29 is 0 Å². The molecule has 0 spiro atoms. The van der Waals surface area contributed by atoms with Crippen LogP contribution in [0.2, 0.25) is 0 Å². The van der Waals surface area contributed by atoms with Crippen LogP contribution in [-0.4, -0.2) is 0 Å². The number of para-hydroxylation sites is 4. The molecule has 0 N–H and O–H groups in total. The first-order valence-corrected chi connectivity index (χ1v) is 18.4. The summed E-state index contributed by atoms with van der Waals surface area (Å²) in [4.78, 5) is 7.19. The number of hydrogen-bond donors (Lipinski definition) is 0. The Kier molecular flexibility index (Phi) is 7.33. The fourth-order valence-corrected chi connectivity index (χ4v) is 8.65. The Balaban J connectivity index is 1.20. The minimum Gasteiger partial charge on any atom is -0.310 e. The highest BCUT2D eigenvalue weighted by atomic mass is 32.1. The van der Waals surface area contributed by atoms with Crippen LogP contribution < -0.4 is 14.7 Å². The number of nitrogens with zero attached hydrogens (tertiary/aromatic N) is 3. The normalized spacial score (nSPS) is 12.2. The molecule has 2 heterocycles. The summed E-state index contributed by atoms with van der Waals surface area (Å²) in [7, 11) is 0. The van der Waals surface area contributed by atoms with Gasteiger partial charge in [-0.25, -0.2) is 0 Å². The first-order chi connectivity index (χ1) is 25.8. The van der Waals surface area contributed by atoms with Crippen LogP contribution in [0.1, 0.15) is 0 Å². The molecule has 0 radical (unpaired) electrons. The van der Waals surface area contributed by atoms with Crippen LogP contribution >= 0.6 is 11.3 Å². The van der Waals surface area contributed by atoms with E-state index in [0.717, 1.165) is 51.2 Å². The minimum absolute atomic E-state index is 1.08. The molecular weight excluding hydrogens is 651 g/mol. The van der Waals surface area contributed by atoms with Crippen molar-refractivity contribution in [1.29, 1.82) is 0 Å². The van der Waals surface area contributed by atoms with Gasteiger partial charge in [-0.2, -0.15) is 0 Å². The van der Waals surface area contributed by atoms with E-state index in [1.54, 1.807) is 0 Å². The second-order valence-electron chi connectivity index (χ2n) is 13.0. The first-order valence-electron chi connectivity index (χ1n) is 17.6. The van der Waals surface area contributed by atoms with Gasteiger partial charge in [-0.15, -0.1) is 11.3 Å². The zero-order chi connectivity index (χ0) is 34.4. The van der Waals surface area contributed by atoms with Crippen molar-refractivity contribution in [3.63, 3.8) is 0 Å². The second-order valence-corrected chi connectivity index (χ2v) is 14.1. The maximum absolute atomic E-state index is 2.40. The lowest BCUT2D eigenvalue weighted by molar-refractivity contribution is 1.16. The van der Waals surface area contributed by atoms with E-state index in [1.165, 1.54) is 31.3 Å². The zero-order valence-electron chi connectivity index (χ0n) is 28.3. The number of fused-ring (bicyclic) bond motifs is 5. The van der Waals surface area contributed by atoms with E-state index in [4.69, 9.17) is 0 Å². The average molecular weight is 684 g/mol. The summed E-state index contributed by atoms with van der Waals surface area (Å²) in [6, 6.07) is 72.2. The van der Waals surface area contributed by atoms with Gasteiger partial charge in [0.25, 0.3) is 0 Å². The summed E-state index contributed by atoms with van der Waals surface area (Å²) < 4.78 is 2.60. The van der Waals surface area contributed by atoms with Crippen LogP contribution in [-0.2, 0) is 0 Å². The molecule has 3 nitrogen and oxygen atoms in total. The number of thiophene rings is 1. The van der Waals surface area contributed by atoms with E-state index in [2.05, 4.69) is 215 Å². The van der Waals surface area contributed by atoms with Crippen molar-refractivity contribution in [3.8, 4) is 11.1 Å². The molecule has 1 aromatic heterocycles. The molecule has 0 saturated heterocycles. The van der Waals surface area contributed by atoms with Crippen LogP contribution in [0.4, 0.5) is 51.2 Å². The van der Waals surface area contributed by atoms with E-state index in [1.807, 2.05) is 11.3 Å². The van der Waals surface area contributed by atoms with Gasteiger partial charge in [-0.3, -0.25) is 0 Å². The predicted octanol–water partition coefficient (Wildman–Crippen LogP) is 14.4. The molecule has 10 rings (SSSR count). The van der Waals surface area contributed by atoms with Gasteiger partial charge >= 0.3 is 0 Å². The average Bonchev–Trinajstić information content (AvgIpc) is 3.59. The Labute approximate surface area is 307 Å². The lowest BCUT2D eigenvalue weighted by Crippen LogP contribution is -2.24. The molecule has 1 aliphatic heterocycles. The lowest BCUT2D eigenvalue weighted by Gasteiger charge is -2.41. The Morgan fingerprint density at radius 1 is 0.327 bits per heavy atom. The van der Waals surface area contributed by atoms with Crippen molar-refractivity contribution in [1.82, 2.24) is 0 Å². The number of anilines is 9. The summed E-state index contributed by atoms with van der Waals surface area (Å²) >= 11 is 1.85. The van der Waals surface area contributed by atoms with E-state index in [9.17, 15) is 0 Å². The number of hydrogen-bond acceptors (Lipinski definition) is 4. The number of benzene rings is 8. The van der Waals surface area contributed by atoms with Gasteiger partial charge in [0.15, 0.2) is 0 Å². The Bertz CT molecular complexity index is 2690. The van der Waals surface area contributed by atoms with E-state index in [0.29, 0.717) is 0 Å². The van der Waals surface area contributed by atoms with E-state index in [-0.39, 0.29) is 0 Å². The fourth-order valence-electron chi connectivity index (χ4n) is 7.57. The van der Waals surface area contributed by atoms with Crippen LogP contribution in [0.5, 0.6) is 0 Å². The molecule has 0 unspecified atom stereocenters. The monoisotopic (exact) mass is 683 g/mol. The van der Waals surface area contributed by atoms with Crippen LogP contribution in [0, 0.1) is 0 Å². The second kappa shape index (κ2) is 12.6. The maximum Gasteiger partial charge on any atom is 0.0724 e. The molecule has 52 heavy (non-hydrogen) atoms. The molecular formula is C48H33N3S. The SMILES string of the molecule is c1ccc(-c2ccc(N(c3ccc4c(c3)N(c3ccccc3)c3ccccc3N4c3ccccc3)c3ccc4sc5ccccc5c4c3)cc2)cc1. The molecule has 8 aromatic carbocycles. The molecule has 0 fully saturated rings. The molecule has 0 aliphatic carbocycles. The van der Waals surface area contributed by atoms with Crippen LogP contribution in [0.3, 0.4) is 0 Å². The topological polar surface area (TPSA) is 9.72 Å². The summed E-state index contributed by atoms with van der Waals surface area (Å²) in [5.41, 5.74) is 12.4. The Morgan fingerprint density at radius 2 is 0.808 bits per heavy atom. The summed E-state index contributed by atoms with van der Waals surface area (Å²) in [6.07, 6.45) is 0. The highest BCUT2D eigenvalue weighted by Gasteiger charge is 2.31. The fraction of sp³-hybridized carbons (Fsp3) is 0. The Hall–Kier alpha value is -6.62. The van der Waals surface area contributed by atoms with Gasteiger partial charge in [0.05, 0.1) is 22.7 Å². The van der Waals surface area contributed by atoms with Crippen molar-refractivity contribution in [3.05, 3.63) is 200 Å². The number of rotatable bonds is 6. The largest absolute Gasteiger partial charge is 0.310 e. The lowest BCUT2D eigenvalue weighted by atomic mass is 10.0. The van der Waals surface area contributed by atoms with Gasteiger partial charge < -0.3 is 14.7 Å². The van der Waals surface area contributed by atoms with Crippen LogP contribution in [0.15, 0.2) is 200 Å². The van der Waals surface area contributed by atoms with Gasteiger partial charge in [0, 0.05) is 48.6 Å². The third-order valence-corrected chi connectivity index (χ3v) is 11.1. The molecule has 246 valence electrons. The van der Waals surface area contributed by atoms with E-state index >= 15 is 0 Å². The summed E-state index contributed by atoms with van der Waals surface area (Å²) in [5.74, 6) is 0. The Morgan fingerprint density at radius 3 is 1.50 bits per heavy atom. The van der Waals surface area contributed by atoms with Crippen LogP contribution in [0.25, 0.3) is 31.3 Å². The van der Waals surface area contributed by atoms with E-state index < -0.39 is 0 Å². The van der Waals surface area contributed by atoms with Gasteiger partial charge in [-0.05, 0) is 102 Å². The highest BCUT2D eigenvalue weighted by molar-refractivity contribution is 7.25. The van der Waals surface area contributed by atoms with Gasteiger partial charge in [0.2, 0.25) is 0 Å². The van der Waals surface area contributed by atoms with Gasteiger partial charge in [-0.1, -0.05) is 109 Å². The summed E-state index contributed by atoms with van der Waals surface area (Å²) in [5, 5.41) is 2.57. The standard InChI is InChI=1S/C48H33N3S/c1-4-14-34(15-5-1)35-24-26-38(27-25-35)49(39-29-31-48-42(32-39)41-20-10-13-23-47(41)52-48)40-28-30-45-46(33-40)51(37-18-8-3-9-19-37)44-22-12-11-21-43(44)50(45)36-16-6-2-7-17-36/h1-33H. The molecule has 4 heteroatoms. The zero-order valence-corrected chi connectivity index (χ0v) is 29.1. The molecule has 0 bridgehead atoms. The minimum atomic E-state index is 1.08. The van der Waals surface area contributed by atoms with Gasteiger partial charge in [0.1, 0.15) is 0 Å². The summed E-state index contributed by atoms with van der Waals surface area (Å²) in [6.45, 7) is 0.